The fraction of sp³-hybridized carbons (Fsp3) is 0.391. The van der Waals surface area contributed by atoms with Gasteiger partial charge >= 0.3 is 5.97 Å². The van der Waals surface area contributed by atoms with Crippen LogP contribution >= 0.6 is 0 Å². The third kappa shape index (κ3) is 5.85. The standard InChI is InChI=1S/C23H25F3N2O3/c1-27(2)14-17-12-18(31-23(30)15-6-4-3-5-7-15)8-9-28(17)22(29)11-16-10-20(25)21(26)13-19(16)24/h3-7,10,13,17-18H,8-9,11-12,14H2,1-2H3/i1D3. The summed E-state index contributed by atoms with van der Waals surface area (Å²) in [5.74, 6) is -4.77. The first-order valence-corrected chi connectivity index (χ1v) is 9.86. The van der Waals surface area contributed by atoms with E-state index in [1.807, 2.05) is 0 Å². The monoisotopic (exact) mass is 437 g/mol. The summed E-state index contributed by atoms with van der Waals surface area (Å²) in [7, 11) is 1.38. The van der Waals surface area contributed by atoms with Gasteiger partial charge in [-0.05, 0) is 32.2 Å². The van der Waals surface area contributed by atoms with E-state index in [-0.39, 0.29) is 25.1 Å². The molecule has 3 rings (SSSR count). The van der Waals surface area contributed by atoms with Crippen molar-refractivity contribution in [2.24, 2.45) is 0 Å². The summed E-state index contributed by atoms with van der Waals surface area (Å²) >= 11 is 0. The molecule has 0 N–H and O–H groups in total. The van der Waals surface area contributed by atoms with E-state index in [4.69, 9.17) is 8.85 Å². The molecule has 1 fully saturated rings. The molecule has 0 spiro atoms. The van der Waals surface area contributed by atoms with Crippen LogP contribution in [0.2, 0.25) is 0 Å². The van der Waals surface area contributed by atoms with Crippen molar-refractivity contribution in [3.05, 3.63) is 71.0 Å². The van der Waals surface area contributed by atoms with Crippen LogP contribution < -0.4 is 0 Å². The van der Waals surface area contributed by atoms with Crippen molar-refractivity contribution >= 4 is 11.9 Å². The van der Waals surface area contributed by atoms with E-state index in [1.165, 1.54) is 11.9 Å². The smallest absolute Gasteiger partial charge is 0.338 e. The number of amides is 1. The Hall–Kier alpha value is -2.87. The Kier molecular flexibility index (Phi) is 6.06. The second-order valence-corrected chi connectivity index (χ2v) is 7.57. The number of rotatable bonds is 6. The lowest BCUT2D eigenvalue weighted by Gasteiger charge is -2.40. The maximum absolute atomic E-state index is 14.1. The molecule has 1 saturated heterocycles. The van der Waals surface area contributed by atoms with Gasteiger partial charge in [0.15, 0.2) is 11.6 Å². The molecule has 5 nitrogen and oxygen atoms in total. The molecule has 0 saturated carbocycles. The van der Waals surface area contributed by atoms with Gasteiger partial charge in [-0.1, -0.05) is 18.2 Å². The molecule has 2 aromatic rings. The SMILES string of the molecule is [2H]C([2H])([2H])N(C)CC1CC(OC(=O)c2ccccc2)CCN1C(=O)Cc1cc(F)c(F)cc1F. The molecule has 0 aliphatic carbocycles. The third-order valence-electron chi connectivity index (χ3n) is 5.19. The molecule has 0 bridgehead atoms. The Labute approximate surface area is 183 Å². The molecule has 2 unspecified atom stereocenters. The Morgan fingerprint density at radius 2 is 1.87 bits per heavy atom. The van der Waals surface area contributed by atoms with E-state index in [0.717, 1.165) is 4.90 Å². The normalized spacial score (nSPS) is 20.7. The highest BCUT2D eigenvalue weighted by Gasteiger charge is 2.34. The summed E-state index contributed by atoms with van der Waals surface area (Å²) in [6, 6.07) is 8.74. The summed E-state index contributed by atoms with van der Waals surface area (Å²) in [6.07, 6.45) is -0.624. The number of likely N-dealkylation sites (tertiary alicyclic amines) is 1. The average Bonchev–Trinajstić information content (AvgIpc) is 2.77. The Balaban J connectivity index is 1.75. The van der Waals surface area contributed by atoms with Crippen LogP contribution in [0.15, 0.2) is 42.5 Å². The third-order valence-corrected chi connectivity index (χ3v) is 5.19. The molecule has 1 heterocycles. The van der Waals surface area contributed by atoms with Crippen LogP contribution in [0.5, 0.6) is 0 Å². The number of likely N-dealkylation sites (N-methyl/N-ethyl adjacent to an activating group) is 1. The molecule has 166 valence electrons. The molecule has 1 amide bonds. The zero-order valence-corrected chi connectivity index (χ0v) is 17.0. The number of hydrogen-bond acceptors (Lipinski definition) is 4. The molecule has 1 aliphatic rings. The van der Waals surface area contributed by atoms with Gasteiger partial charge in [-0.2, -0.15) is 0 Å². The predicted octanol–water partition coefficient (Wildman–Crippen LogP) is 3.42. The van der Waals surface area contributed by atoms with Gasteiger partial charge in [-0.15, -0.1) is 0 Å². The Morgan fingerprint density at radius 3 is 2.58 bits per heavy atom. The number of ether oxygens (including phenoxy) is 1. The molecule has 0 radical (unpaired) electrons. The summed E-state index contributed by atoms with van der Waals surface area (Å²) in [6.45, 7) is -2.35. The van der Waals surface area contributed by atoms with Crippen LogP contribution in [0.25, 0.3) is 0 Å². The maximum atomic E-state index is 14.1. The summed E-state index contributed by atoms with van der Waals surface area (Å²) in [5, 5.41) is 0. The van der Waals surface area contributed by atoms with Crippen molar-refractivity contribution in [2.45, 2.75) is 31.4 Å². The second-order valence-electron chi connectivity index (χ2n) is 7.57. The number of esters is 1. The Morgan fingerprint density at radius 1 is 1.16 bits per heavy atom. The minimum absolute atomic E-state index is 0.0537. The topological polar surface area (TPSA) is 49.9 Å². The number of carbonyl (C=O) groups is 2. The van der Waals surface area contributed by atoms with Crippen LogP contribution in [0.3, 0.4) is 0 Å². The molecular formula is C23H25F3N2O3. The van der Waals surface area contributed by atoms with Gasteiger partial charge in [0.1, 0.15) is 11.9 Å². The van der Waals surface area contributed by atoms with E-state index in [0.29, 0.717) is 24.1 Å². The highest BCUT2D eigenvalue weighted by atomic mass is 19.2. The van der Waals surface area contributed by atoms with Crippen LogP contribution in [0, 0.1) is 17.5 Å². The fourth-order valence-electron chi connectivity index (χ4n) is 3.70. The van der Waals surface area contributed by atoms with Crippen LogP contribution in [0.1, 0.15) is 32.9 Å². The van der Waals surface area contributed by atoms with E-state index in [9.17, 15) is 22.8 Å². The first-order valence-electron chi connectivity index (χ1n) is 11.4. The van der Waals surface area contributed by atoms with Crippen molar-refractivity contribution in [1.29, 1.82) is 0 Å². The summed E-state index contributed by atoms with van der Waals surface area (Å²) in [4.78, 5) is 27.9. The number of carbonyl (C=O) groups excluding carboxylic acids is 2. The van der Waals surface area contributed by atoms with Gasteiger partial charge in [-0.25, -0.2) is 18.0 Å². The lowest BCUT2D eigenvalue weighted by molar-refractivity contribution is -0.136. The van der Waals surface area contributed by atoms with E-state index < -0.39 is 54.9 Å². The molecule has 2 atom stereocenters. The van der Waals surface area contributed by atoms with E-state index in [1.54, 1.807) is 30.3 Å². The quantitative estimate of drug-likeness (QED) is 0.513. The van der Waals surface area contributed by atoms with Crippen molar-refractivity contribution in [1.82, 2.24) is 9.80 Å². The van der Waals surface area contributed by atoms with Crippen molar-refractivity contribution in [3.8, 4) is 0 Å². The number of piperidine rings is 1. The molecule has 31 heavy (non-hydrogen) atoms. The summed E-state index contributed by atoms with van der Waals surface area (Å²) in [5.41, 5.74) is 0.0652. The van der Waals surface area contributed by atoms with Gasteiger partial charge in [0.05, 0.1) is 12.0 Å². The lowest BCUT2D eigenvalue weighted by Crippen LogP contribution is -2.52. The first kappa shape index (κ1) is 18.9. The highest BCUT2D eigenvalue weighted by Crippen LogP contribution is 2.24. The van der Waals surface area contributed by atoms with Crippen molar-refractivity contribution < 1.29 is 31.6 Å². The minimum Gasteiger partial charge on any atom is -0.459 e. The van der Waals surface area contributed by atoms with Gasteiger partial charge in [0, 0.05) is 47.7 Å². The minimum atomic E-state index is -2.42. The predicted molar refractivity (Wildman–Crippen MR) is 109 cm³/mol. The van der Waals surface area contributed by atoms with Crippen LogP contribution in [-0.4, -0.2) is 60.9 Å². The van der Waals surface area contributed by atoms with Gasteiger partial charge < -0.3 is 14.5 Å². The molecule has 8 heteroatoms. The highest BCUT2D eigenvalue weighted by molar-refractivity contribution is 5.89. The largest absolute Gasteiger partial charge is 0.459 e. The second kappa shape index (κ2) is 9.96. The number of hydrogen-bond donors (Lipinski definition) is 0. The van der Waals surface area contributed by atoms with Crippen LogP contribution in [-0.2, 0) is 16.0 Å². The van der Waals surface area contributed by atoms with E-state index in [2.05, 4.69) is 0 Å². The Bertz CT molecular complexity index is 1040. The first-order chi connectivity index (χ1) is 16.0. The van der Waals surface area contributed by atoms with Gasteiger partial charge in [-0.3, -0.25) is 4.79 Å². The zero-order valence-electron chi connectivity index (χ0n) is 20.0. The number of benzene rings is 2. The number of nitrogens with zero attached hydrogens (tertiary/aromatic N) is 2. The molecular weight excluding hydrogens is 409 g/mol. The zero-order chi connectivity index (χ0) is 25.0. The average molecular weight is 437 g/mol. The summed E-state index contributed by atoms with van der Waals surface area (Å²) < 4.78 is 69.2. The van der Waals surface area contributed by atoms with Gasteiger partial charge in [0.25, 0.3) is 0 Å². The van der Waals surface area contributed by atoms with Crippen LogP contribution in [0.4, 0.5) is 13.2 Å². The van der Waals surface area contributed by atoms with E-state index >= 15 is 0 Å². The molecule has 0 aromatic heterocycles. The molecule has 2 aromatic carbocycles. The maximum Gasteiger partial charge on any atom is 0.338 e. The molecule has 1 aliphatic heterocycles. The van der Waals surface area contributed by atoms with Crippen molar-refractivity contribution in [2.75, 3.05) is 27.1 Å². The lowest BCUT2D eigenvalue weighted by atomic mass is 9.97. The van der Waals surface area contributed by atoms with Crippen molar-refractivity contribution in [3.63, 3.8) is 0 Å². The van der Waals surface area contributed by atoms with Gasteiger partial charge in [0.2, 0.25) is 5.91 Å². The fourth-order valence-corrected chi connectivity index (χ4v) is 3.70. The number of halogens is 3.